The van der Waals surface area contributed by atoms with Crippen LogP contribution in [0.2, 0.25) is 0 Å². The SMILES string of the molecule is CCN(CC)C(=O)Nc1ccc2snnc2c1. The van der Waals surface area contributed by atoms with Gasteiger partial charge in [-0.05, 0) is 43.6 Å². The van der Waals surface area contributed by atoms with Crippen molar-refractivity contribution in [2.75, 3.05) is 18.4 Å². The quantitative estimate of drug-likeness (QED) is 0.910. The number of carbonyl (C=O) groups excluding carboxylic acids is 1. The average molecular weight is 250 g/mol. The third kappa shape index (κ3) is 2.52. The molecule has 1 heterocycles. The first kappa shape index (κ1) is 11.8. The van der Waals surface area contributed by atoms with E-state index in [9.17, 15) is 4.79 Å². The van der Waals surface area contributed by atoms with Crippen LogP contribution in [0.3, 0.4) is 0 Å². The highest BCUT2D eigenvalue weighted by molar-refractivity contribution is 7.12. The molecule has 0 radical (unpaired) electrons. The summed E-state index contributed by atoms with van der Waals surface area (Å²) in [7, 11) is 0. The summed E-state index contributed by atoms with van der Waals surface area (Å²) in [4.78, 5) is 13.6. The number of amides is 2. The number of carbonyl (C=O) groups is 1. The van der Waals surface area contributed by atoms with Crippen molar-refractivity contribution >= 4 is 33.5 Å². The number of hydrogen-bond donors (Lipinski definition) is 1. The Balaban J connectivity index is 2.14. The van der Waals surface area contributed by atoms with E-state index in [0.717, 1.165) is 15.9 Å². The molecule has 90 valence electrons. The second-order valence-corrected chi connectivity index (χ2v) is 4.34. The number of nitrogens with zero attached hydrogens (tertiary/aromatic N) is 3. The molecule has 0 aliphatic carbocycles. The second-order valence-electron chi connectivity index (χ2n) is 3.56. The standard InChI is InChI=1S/C11H14N4OS/c1-3-15(4-2)11(16)12-8-5-6-10-9(7-8)13-14-17-10/h5-7H,3-4H2,1-2H3,(H,12,16). The summed E-state index contributed by atoms with van der Waals surface area (Å²) in [6.07, 6.45) is 0. The summed E-state index contributed by atoms with van der Waals surface area (Å²) < 4.78 is 4.88. The molecule has 0 aliphatic rings. The number of anilines is 1. The summed E-state index contributed by atoms with van der Waals surface area (Å²) in [6, 6.07) is 5.53. The van der Waals surface area contributed by atoms with Crippen LogP contribution in [0, 0.1) is 0 Å². The molecule has 2 rings (SSSR count). The summed E-state index contributed by atoms with van der Waals surface area (Å²) in [5.41, 5.74) is 1.56. The lowest BCUT2D eigenvalue weighted by Crippen LogP contribution is -2.34. The van der Waals surface area contributed by atoms with E-state index in [0.29, 0.717) is 13.1 Å². The van der Waals surface area contributed by atoms with Crippen molar-refractivity contribution in [3.8, 4) is 0 Å². The monoisotopic (exact) mass is 250 g/mol. The topological polar surface area (TPSA) is 58.1 Å². The summed E-state index contributed by atoms with van der Waals surface area (Å²) in [5.74, 6) is 0. The minimum absolute atomic E-state index is 0.0856. The first-order valence-corrected chi connectivity index (χ1v) is 6.30. The van der Waals surface area contributed by atoms with Gasteiger partial charge in [0.1, 0.15) is 5.52 Å². The Morgan fingerprint density at radius 2 is 2.18 bits per heavy atom. The van der Waals surface area contributed by atoms with Gasteiger partial charge in [0, 0.05) is 18.8 Å². The number of urea groups is 1. The number of hydrogen-bond acceptors (Lipinski definition) is 4. The fraction of sp³-hybridized carbons (Fsp3) is 0.364. The molecule has 1 aromatic heterocycles. The fourth-order valence-electron chi connectivity index (χ4n) is 1.57. The summed E-state index contributed by atoms with van der Waals surface area (Å²) >= 11 is 1.35. The number of benzene rings is 1. The van der Waals surface area contributed by atoms with Crippen LogP contribution in [-0.2, 0) is 0 Å². The zero-order chi connectivity index (χ0) is 12.3. The van der Waals surface area contributed by atoms with Crippen LogP contribution in [-0.4, -0.2) is 33.6 Å². The Morgan fingerprint density at radius 1 is 1.41 bits per heavy atom. The van der Waals surface area contributed by atoms with Crippen molar-refractivity contribution < 1.29 is 4.79 Å². The van der Waals surface area contributed by atoms with Crippen molar-refractivity contribution in [1.29, 1.82) is 0 Å². The van der Waals surface area contributed by atoms with Crippen LogP contribution in [0.1, 0.15) is 13.8 Å². The van der Waals surface area contributed by atoms with Crippen LogP contribution in [0.4, 0.5) is 10.5 Å². The maximum Gasteiger partial charge on any atom is 0.321 e. The molecule has 0 fully saturated rings. The Hall–Kier alpha value is -1.69. The maximum atomic E-state index is 11.8. The first-order chi connectivity index (χ1) is 8.24. The normalized spacial score (nSPS) is 10.5. The number of aromatic nitrogens is 2. The van der Waals surface area contributed by atoms with E-state index in [1.54, 1.807) is 4.90 Å². The largest absolute Gasteiger partial charge is 0.325 e. The second kappa shape index (κ2) is 5.09. The molecule has 5 nitrogen and oxygen atoms in total. The van der Waals surface area contributed by atoms with Gasteiger partial charge in [-0.3, -0.25) is 0 Å². The minimum Gasteiger partial charge on any atom is -0.325 e. The van der Waals surface area contributed by atoms with Gasteiger partial charge in [-0.1, -0.05) is 4.49 Å². The molecule has 0 saturated heterocycles. The predicted molar refractivity (Wildman–Crippen MR) is 69.4 cm³/mol. The lowest BCUT2D eigenvalue weighted by molar-refractivity contribution is 0.217. The molecular formula is C11H14N4OS. The van der Waals surface area contributed by atoms with Gasteiger partial charge >= 0.3 is 6.03 Å². The van der Waals surface area contributed by atoms with Crippen LogP contribution in [0.15, 0.2) is 18.2 Å². The third-order valence-corrected chi connectivity index (χ3v) is 3.25. The van der Waals surface area contributed by atoms with Crippen LogP contribution < -0.4 is 5.32 Å². The molecule has 0 spiro atoms. The average Bonchev–Trinajstić information content (AvgIpc) is 2.77. The lowest BCUT2D eigenvalue weighted by atomic mass is 10.3. The van der Waals surface area contributed by atoms with Gasteiger partial charge < -0.3 is 10.2 Å². The van der Waals surface area contributed by atoms with Crippen LogP contribution >= 0.6 is 11.5 Å². The predicted octanol–water partition coefficient (Wildman–Crippen LogP) is 2.57. The lowest BCUT2D eigenvalue weighted by Gasteiger charge is -2.19. The van der Waals surface area contributed by atoms with Crippen LogP contribution in [0.5, 0.6) is 0 Å². The number of rotatable bonds is 3. The van der Waals surface area contributed by atoms with Crippen molar-refractivity contribution in [3.05, 3.63) is 18.2 Å². The molecule has 0 unspecified atom stereocenters. The minimum atomic E-state index is -0.0856. The van der Waals surface area contributed by atoms with Crippen molar-refractivity contribution in [2.24, 2.45) is 0 Å². The maximum absolute atomic E-state index is 11.8. The van der Waals surface area contributed by atoms with E-state index in [4.69, 9.17) is 0 Å². The van der Waals surface area contributed by atoms with Gasteiger partial charge in [-0.25, -0.2) is 4.79 Å². The van der Waals surface area contributed by atoms with E-state index in [2.05, 4.69) is 14.9 Å². The highest BCUT2D eigenvalue weighted by Gasteiger charge is 2.09. The Labute approximate surface area is 104 Å². The molecule has 0 saturated carbocycles. The van der Waals surface area contributed by atoms with Crippen LogP contribution in [0.25, 0.3) is 10.2 Å². The number of nitrogens with one attached hydrogen (secondary N) is 1. The van der Waals surface area contributed by atoms with E-state index in [-0.39, 0.29) is 6.03 Å². The van der Waals surface area contributed by atoms with Gasteiger partial charge in [-0.15, -0.1) is 5.10 Å². The van der Waals surface area contributed by atoms with E-state index >= 15 is 0 Å². The van der Waals surface area contributed by atoms with Gasteiger partial charge in [0.15, 0.2) is 0 Å². The molecule has 17 heavy (non-hydrogen) atoms. The Morgan fingerprint density at radius 3 is 2.88 bits per heavy atom. The fourth-order valence-corrected chi connectivity index (χ4v) is 2.11. The molecule has 1 aromatic carbocycles. The summed E-state index contributed by atoms with van der Waals surface area (Å²) in [5, 5.41) is 6.83. The molecule has 6 heteroatoms. The number of fused-ring (bicyclic) bond motifs is 1. The first-order valence-electron chi connectivity index (χ1n) is 5.52. The zero-order valence-electron chi connectivity index (χ0n) is 9.80. The highest BCUT2D eigenvalue weighted by Crippen LogP contribution is 2.19. The van der Waals surface area contributed by atoms with Gasteiger partial charge in [0.05, 0.1) is 4.70 Å². The molecular weight excluding hydrogens is 236 g/mol. The Kier molecular flexibility index (Phi) is 3.53. The van der Waals surface area contributed by atoms with Crippen molar-refractivity contribution in [2.45, 2.75) is 13.8 Å². The van der Waals surface area contributed by atoms with Gasteiger partial charge in [0.25, 0.3) is 0 Å². The molecule has 2 amide bonds. The van der Waals surface area contributed by atoms with Crippen molar-refractivity contribution in [1.82, 2.24) is 14.5 Å². The van der Waals surface area contributed by atoms with Gasteiger partial charge in [0.2, 0.25) is 0 Å². The highest BCUT2D eigenvalue weighted by atomic mass is 32.1. The van der Waals surface area contributed by atoms with E-state index < -0.39 is 0 Å². The summed E-state index contributed by atoms with van der Waals surface area (Å²) in [6.45, 7) is 5.30. The van der Waals surface area contributed by atoms with E-state index in [1.165, 1.54) is 11.5 Å². The van der Waals surface area contributed by atoms with E-state index in [1.807, 2.05) is 32.0 Å². The van der Waals surface area contributed by atoms with Crippen molar-refractivity contribution in [3.63, 3.8) is 0 Å². The molecule has 0 atom stereocenters. The molecule has 0 aliphatic heterocycles. The zero-order valence-corrected chi connectivity index (χ0v) is 10.6. The third-order valence-electron chi connectivity index (χ3n) is 2.55. The molecule has 2 aromatic rings. The molecule has 1 N–H and O–H groups in total. The Bertz CT molecular complexity index is 521. The van der Waals surface area contributed by atoms with Gasteiger partial charge in [-0.2, -0.15) is 0 Å². The molecule has 0 bridgehead atoms. The smallest absolute Gasteiger partial charge is 0.321 e.